The summed E-state index contributed by atoms with van der Waals surface area (Å²) in [5, 5.41) is 32.5. The Kier molecular flexibility index (Phi) is 6.04. The van der Waals surface area contributed by atoms with Crippen LogP contribution in [0.25, 0.3) is 0 Å². The van der Waals surface area contributed by atoms with Crippen molar-refractivity contribution >= 4 is 5.97 Å². The van der Waals surface area contributed by atoms with Gasteiger partial charge in [0.15, 0.2) is 5.79 Å². The second-order valence-electron chi connectivity index (χ2n) is 12.1. The van der Waals surface area contributed by atoms with Gasteiger partial charge in [0.2, 0.25) is 0 Å². The fourth-order valence-electron chi connectivity index (χ4n) is 9.65. The summed E-state index contributed by atoms with van der Waals surface area (Å²) in [5.74, 6) is -2.36. The normalized spacial score (nSPS) is 49.6. The molecule has 3 N–H and O–H groups in total. The van der Waals surface area contributed by atoms with Crippen LogP contribution in [0.2, 0.25) is 0 Å². The first-order chi connectivity index (χ1) is 14.5. The number of carboxylic acid groups (broad SMARTS) is 1. The van der Waals surface area contributed by atoms with Crippen LogP contribution in [-0.4, -0.2) is 33.2 Å². The molecular formula is C26H43FO4. The van der Waals surface area contributed by atoms with Gasteiger partial charge in [0.25, 0.3) is 0 Å². The van der Waals surface area contributed by atoms with Crippen LogP contribution in [0, 0.1) is 52.3 Å². The molecule has 4 saturated carbocycles. The molecule has 0 aliphatic heterocycles. The number of carboxylic acids is 1. The number of fused-ring (bicyclic) bond motifs is 5. The minimum Gasteiger partial charge on any atom is -0.481 e. The predicted molar refractivity (Wildman–Crippen MR) is 118 cm³/mol. The van der Waals surface area contributed by atoms with Gasteiger partial charge in [-0.05, 0) is 92.3 Å². The van der Waals surface area contributed by atoms with Gasteiger partial charge in [-0.15, -0.1) is 0 Å². The minimum absolute atomic E-state index is 0.00106. The average Bonchev–Trinajstić information content (AvgIpc) is 3.04. The van der Waals surface area contributed by atoms with Crippen molar-refractivity contribution in [2.24, 2.45) is 52.3 Å². The van der Waals surface area contributed by atoms with Gasteiger partial charge in [0, 0.05) is 24.2 Å². The molecule has 0 amide bonds. The highest BCUT2D eigenvalue weighted by Gasteiger charge is 2.70. The molecule has 0 radical (unpaired) electrons. The first-order valence-corrected chi connectivity index (χ1v) is 12.8. The van der Waals surface area contributed by atoms with E-state index < -0.39 is 23.8 Å². The summed E-state index contributed by atoms with van der Waals surface area (Å²) in [5.41, 5.74) is -0.159. The summed E-state index contributed by atoms with van der Waals surface area (Å²) in [6.07, 6.45) is 6.94. The zero-order valence-corrected chi connectivity index (χ0v) is 19.8. The summed E-state index contributed by atoms with van der Waals surface area (Å²) in [7, 11) is 0. The van der Waals surface area contributed by atoms with E-state index in [4.69, 9.17) is 5.11 Å². The van der Waals surface area contributed by atoms with E-state index in [1.807, 2.05) is 6.92 Å². The fourth-order valence-corrected chi connectivity index (χ4v) is 9.65. The number of hydrogen-bond acceptors (Lipinski definition) is 3. The number of aliphatic carboxylic acids is 1. The Hall–Kier alpha value is -0.680. The lowest BCUT2D eigenvalue weighted by molar-refractivity contribution is -0.340. The molecule has 5 heteroatoms. The standard InChI is InChI=1S/C26H43FO4/c1-5-16-23-20(27)7-6-13-25(23,4)19-12-14-24(3)17(15(2)8-11-21(28)29)9-10-18(24)22(19)26(16,30)31/h15-20,22-23,30-31H,5-14H2,1-4H3,(H,28,29)/t15-,16-,17-,18+,19+,20+,22+,23-,24-,25-/m1/s1. The van der Waals surface area contributed by atoms with Crippen LogP contribution in [-0.2, 0) is 4.79 Å². The molecule has 4 rings (SSSR count). The second-order valence-corrected chi connectivity index (χ2v) is 12.1. The number of alkyl halides is 1. The Morgan fingerprint density at radius 1 is 1.03 bits per heavy atom. The Morgan fingerprint density at radius 3 is 2.35 bits per heavy atom. The van der Waals surface area contributed by atoms with Crippen molar-refractivity contribution in [2.75, 3.05) is 0 Å². The monoisotopic (exact) mass is 438 g/mol. The molecule has 0 heterocycles. The molecular weight excluding hydrogens is 395 g/mol. The lowest BCUT2D eigenvalue weighted by Gasteiger charge is -2.66. The largest absolute Gasteiger partial charge is 0.481 e. The van der Waals surface area contributed by atoms with E-state index in [2.05, 4.69) is 20.8 Å². The molecule has 10 atom stereocenters. The lowest BCUT2D eigenvalue weighted by Crippen LogP contribution is -2.68. The molecule has 4 fully saturated rings. The van der Waals surface area contributed by atoms with Crippen molar-refractivity contribution in [2.45, 2.75) is 104 Å². The van der Waals surface area contributed by atoms with Crippen LogP contribution in [0.15, 0.2) is 0 Å². The number of halogens is 1. The van der Waals surface area contributed by atoms with Crippen molar-refractivity contribution in [3.8, 4) is 0 Å². The van der Waals surface area contributed by atoms with E-state index in [0.29, 0.717) is 31.1 Å². The summed E-state index contributed by atoms with van der Waals surface area (Å²) in [6, 6.07) is 0. The highest BCUT2D eigenvalue weighted by molar-refractivity contribution is 5.66. The Balaban J connectivity index is 1.68. The Bertz CT molecular complexity index is 695. The number of hydrogen-bond donors (Lipinski definition) is 3. The predicted octanol–water partition coefficient (Wildman–Crippen LogP) is 5.41. The highest BCUT2D eigenvalue weighted by atomic mass is 19.1. The third kappa shape index (κ3) is 3.39. The maximum atomic E-state index is 15.3. The van der Waals surface area contributed by atoms with E-state index in [1.54, 1.807) is 0 Å². The molecule has 31 heavy (non-hydrogen) atoms. The van der Waals surface area contributed by atoms with Crippen LogP contribution < -0.4 is 0 Å². The minimum atomic E-state index is -1.82. The number of carbonyl (C=O) groups is 1. The summed E-state index contributed by atoms with van der Waals surface area (Å²) >= 11 is 0. The third-order valence-electron chi connectivity index (χ3n) is 10.9. The molecule has 4 aliphatic carbocycles. The van der Waals surface area contributed by atoms with E-state index in [-0.39, 0.29) is 40.9 Å². The third-order valence-corrected chi connectivity index (χ3v) is 10.9. The SMILES string of the molecule is CC[C@@H]1[C@@H]2[C@@H](F)CCC[C@]2(C)[C@H]2CC[C@]3(C)[C@@H]([C@H](C)CCC(=O)O)CC[C@H]3[C@@H]2C1(O)O. The van der Waals surface area contributed by atoms with Gasteiger partial charge in [0.1, 0.15) is 6.17 Å². The average molecular weight is 439 g/mol. The van der Waals surface area contributed by atoms with Crippen LogP contribution >= 0.6 is 0 Å². The Morgan fingerprint density at radius 2 is 1.71 bits per heavy atom. The van der Waals surface area contributed by atoms with Crippen LogP contribution in [0.3, 0.4) is 0 Å². The van der Waals surface area contributed by atoms with Gasteiger partial charge in [-0.25, -0.2) is 4.39 Å². The van der Waals surface area contributed by atoms with Crippen LogP contribution in [0.5, 0.6) is 0 Å². The van der Waals surface area contributed by atoms with Gasteiger partial charge < -0.3 is 15.3 Å². The van der Waals surface area contributed by atoms with Gasteiger partial charge in [0.05, 0.1) is 0 Å². The Labute approximate surface area is 187 Å². The van der Waals surface area contributed by atoms with Gasteiger partial charge >= 0.3 is 5.97 Å². The number of rotatable bonds is 5. The maximum Gasteiger partial charge on any atom is 0.303 e. The van der Waals surface area contributed by atoms with Crippen molar-refractivity contribution in [1.29, 1.82) is 0 Å². The number of aliphatic hydroxyl groups is 2. The highest BCUT2D eigenvalue weighted by Crippen LogP contribution is 2.71. The van der Waals surface area contributed by atoms with E-state index >= 15 is 4.39 Å². The van der Waals surface area contributed by atoms with Crippen molar-refractivity contribution < 1.29 is 24.5 Å². The summed E-state index contributed by atoms with van der Waals surface area (Å²) in [6.45, 7) is 8.75. The van der Waals surface area contributed by atoms with Crippen molar-refractivity contribution in [3.05, 3.63) is 0 Å². The molecule has 0 aromatic carbocycles. The molecule has 0 unspecified atom stereocenters. The van der Waals surface area contributed by atoms with Gasteiger partial charge in [-0.2, -0.15) is 0 Å². The molecule has 4 aliphatic rings. The van der Waals surface area contributed by atoms with Crippen LogP contribution in [0.4, 0.5) is 4.39 Å². The molecule has 0 aromatic rings. The molecule has 0 aromatic heterocycles. The van der Waals surface area contributed by atoms with Crippen molar-refractivity contribution in [3.63, 3.8) is 0 Å². The zero-order chi connectivity index (χ0) is 22.8. The summed E-state index contributed by atoms with van der Waals surface area (Å²) < 4.78 is 15.3. The zero-order valence-electron chi connectivity index (χ0n) is 19.8. The molecule has 0 spiro atoms. The van der Waals surface area contributed by atoms with E-state index in [1.165, 1.54) is 0 Å². The summed E-state index contributed by atoms with van der Waals surface area (Å²) in [4.78, 5) is 11.1. The van der Waals surface area contributed by atoms with Crippen LogP contribution in [0.1, 0.15) is 91.9 Å². The first kappa shape index (κ1) is 23.5. The topological polar surface area (TPSA) is 77.8 Å². The van der Waals surface area contributed by atoms with Gasteiger partial charge in [-0.3, -0.25) is 4.79 Å². The quantitative estimate of drug-likeness (QED) is 0.502. The molecule has 4 nitrogen and oxygen atoms in total. The van der Waals surface area contributed by atoms with E-state index in [0.717, 1.165) is 38.5 Å². The molecule has 0 bridgehead atoms. The maximum absolute atomic E-state index is 15.3. The smallest absolute Gasteiger partial charge is 0.303 e. The second kappa shape index (κ2) is 7.97. The van der Waals surface area contributed by atoms with E-state index in [9.17, 15) is 15.0 Å². The van der Waals surface area contributed by atoms with Gasteiger partial charge in [-0.1, -0.05) is 27.7 Å². The molecule has 0 saturated heterocycles. The lowest BCUT2D eigenvalue weighted by atomic mass is 9.40. The van der Waals surface area contributed by atoms with Crippen molar-refractivity contribution in [1.82, 2.24) is 0 Å². The first-order valence-electron chi connectivity index (χ1n) is 12.8. The fraction of sp³-hybridized carbons (Fsp3) is 0.962. The molecule has 178 valence electrons.